The number of hydrogen-bond donors (Lipinski definition) is 1. The third-order valence-corrected chi connectivity index (χ3v) is 7.18. The maximum absolute atomic E-state index is 12.6. The number of benzene rings is 1. The van der Waals surface area contributed by atoms with E-state index in [1.807, 2.05) is 30.3 Å². The van der Waals surface area contributed by atoms with Crippen LogP contribution in [0.15, 0.2) is 35.3 Å². The molecule has 5 heteroatoms. The molecule has 0 saturated heterocycles. The molecule has 0 aliphatic carbocycles. The largest absolute Gasteiger partial charge is 0.475 e. The Kier molecular flexibility index (Phi) is 17.9. The van der Waals surface area contributed by atoms with Crippen molar-refractivity contribution >= 4 is 11.8 Å². The van der Waals surface area contributed by atoms with E-state index in [2.05, 4.69) is 24.2 Å². The van der Waals surface area contributed by atoms with Crippen molar-refractivity contribution in [3.05, 3.63) is 35.9 Å². The second kappa shape index (κ2) is 21.1. The van der Waals surface area contributed by atoms with E-state index in [1.54, 1.807) is 0 Å². The summed E-state index contributed by atoms with van der Waals surface area (Å²) < 4.78 is 11.7. The Balaban J connectivity index is 1.63. The number of ether oxygens (including phenoxy) is 2. The number of hydrogen-bond acceptors (Lipinski definition) is 4. The maximum Gasteiger partial charge on any atom is 0.220 e. The van der Waals surface area contributed by atoms with Gasteiger partial charge in [-0.25, -0.2) is 4.99 Å². The van der Waals surface area contributed by atoms with E-state index in [4.69, 9.17) is 9.47 Å². The predicted octanol–water partition coefficient (Wildman–Crippen LogP) is 8.00. The van der Waals surface area contributed by atoms with Crippen LogP contribution in [-0.4, -0.2) is 43.7 Å². The molecule has 0 spiro atoms. The van der Waals surface area contributed by atoms with Crippen molar-refractivity contribution in [1.29, 1.82) is 0 Å². The van der Waals surface area contributed by atoms with Crippen LogP contribution in [0, 0.1) is 0 Å². The first kappa shape index (κ1) is 31.3. The minimum Gasteiger partial charge on any atom is -0.475 e. The van der Waals surface area contributed by atoms with Crippen LogP contribution in [-0.2, 0) is 14.3 Å². The summed E-state index contributed by atoms with van der Waals surface area (Å²) in [5, 5.41) is 3.32. The second-order valence-corrected chi connectivity index (χ2v) is 10.7. The van der Waals surface area contributed by atoms with Crippen molar-refractivity contribution < 1.29 is 14.3 Å². The zero-order valence-electron chi connectivity index (χ0n) is 23.9. The zero-order chi connectivity index (χ0) is 26.4. The maximum atomic E-state index is 12.6. The normalized spacial score (nSPS) is 15.8. The average molecular weight is 515 g/mol. The summed E-state index contributed by atoms with van der Waals surface area (Å²) >= 11 is 0. The van der Waals surface area contributed by atoms with Gasteiger partial charge in [-0.2, -0.15) is 0 Å². The Bertz CT molecular complexity index is 722. The number of carbonyl (C=O) groups excluding carboxylic acids is 1. The molecule has 0 aromatic heterocycles. The van der Waals surface area contributed by atoms with Crippen LogP contribution >= 0.6 is 0 Å². The van der Waals surface area contributed by atoms with Crippen LogP contribution in [0.1, 0.15) is 129 Å². The first-order chi connectivity index (χ1) is 18.2. The first-order valence-corrected chi connectivity index (χ1v) is 15.4. The predicted molar refractivity (Wildman–Crippen MR) is 155 cm³/mol. The van der Waals surface area contributed by atoms with Crippen LogP contribution < -0.4 is 5.32 Å². The van der Waals surface area contributed by atoms with E-state index in [0.29, 0.717) is 32.1 Å². The summed E-state index contributed by atoms with van der Waals surface area (Å²) in [4.78, 5) is 17.3. The van der Waals surface area contributed by atoms with Crippen molar-refractivity contribution in [3.63, 3.8) is 0 Å². The van der Waals surface area contributed by atoms with Gasteiger partial charge in [0.15, 0.2) is 0 Å². The van der Waals surface area contributed by atoms with Gasteiger partial charge in [-0.05, 0) is 31.4 Å². The molecule has 0 radical (unpaired) electrons. The van der Waals surface area contributed by atoms with E-state index in [1.165, 1.54) is 83.5 Å². The molecule has 0 fully saturated rings. The molecule has 1 aromatic carbocycles. The van der Waals surface area contributed by atoms with E-state index >= 15 is 0 Å². The number of nitrogens with zero attached hydrogens (tertiary/aromatic N) is 1. The summed E-state index contributed by atoms with van der Waals surface area (Å²) in [7, 11) is 0. The fourth-order valence-electron chi connectivity index (χ4n) is 4.86. The molecule has 210 valence electrons. The number of rotatable bonds is 23. The molecule has 1 N–H and O–H groups in total. The van der Waals surface area contributed by atoms with Gasteiger partial charge in [0.05, 0.1) is 6.61 Å². The van der Waals surface area contributed by atoms with E-state index in [0.717, 1.165) is 24.8 Å². The third-order valence-electron chi connectivity index (χ3n) is 7.18. The minimum absolute atomic E-state index is 0.0453. The fourth-order valence-corrected chi connectivity index (χ4v) is 4.86. The molecule has 2 rings (SSSR count). The first-order valence-electron chi connectivity index (χ1n) is 15.4. The Morgan fingerprint density at radius 1 is 0.892 bits per heavy atom. The van der Waals surface area contributed by atoms with Gasteiger partial charge >= 0.3 is 0 Å². The van der Waals surface area contributed by atoms with Gasteiger partial charge < -0.3 is 14.8 Å². The summed E-state index contributed by atoms with van der Waals surface area (Å²) in [5.41, 5.74) is 1.02. The highest BCUT2D eigenvalue weighted by Crippen LogP contribution is 2.14. The van der Waals surface area contributed by atoms with Crippen molar-refractivity contribution in [1.82, 2.24) is 5.32 Å². The van der Waals surface area contributed by atoms with Crippen LogP contribution in [0.2, 0.25) is 0 Å². The smallest absolute Gasteiger partial charge is 0.220 e. The van der Waals surface area contributed by atoms with Crippen molar-refractivity contribution in [3.8, 4) is 0 Å². The molecule has 1 heterocycles. The van der Waals surface area contributed by atoms with Gasteiger partial charge in [-0.3, -0.25) is 4.79 Å². The summed E-state index contributed by atoms with van der Waals surface area (Å²) in [6.45, 7) is 6.28. The zero-order valence-corrected chi connectivity index (χ0v) is 23.9. The number of nitrogens with one attached hydrogen (secondary N) is 1. The number of carbonyl (C=O) groups is 1. The van der Waals surface area contributed by atoms with Gasteiger partial charge in [0.25, 0.3) is 0 Å². The summed E-state index contributed by atoms with van der Waals surface area (Å²) in [6, 6.07) is 10.3. The molecule has 0 unspecified atom stereocenters. The van der Waals surface area contributed by atoms with Gasteiger partial charge in [-0.15, -0.1) is 0 Å². The monoisotopic (exact) mass is 514 g/mol. The molecule has 5 nitrogen and oxygen atoms in total. The Hall–Kier alpha value is -1.88. The highest BCUT2D eigenvalue weighted by atomic mass is 16.5. The highest BCUT2D eigenvalue weighted by Gasteiger charge is 2.20. The SMILES string of the molecule is CCCCCCCCCCCC(=O)N[C@@H](CCCCCCC)CCOC[C@@H]1COC(c2ccccc2)=N1. The van der Waals surface area contributed by atoms with E-state index in [-0.39, 0.29) is 18.0 Å². The van der Waals surface area contributed by atoms with Crippen LogP contribution in [0.5, 0.6) is 0 Å². The minimum atomic E-state index is 0.0453. The molecule has 2 atom stereocenters. The highest BCUT2D eigenvalue weighted by molar-refractivity contribution is 5.95. The van der Waals surface area contributed by atoms with Crippen LogP contribution in [0.3, 0.4) is 0 Å². The van der Waals surface area contributed by atoms with Crippen LogP contribution in [0.4, 0.5) is 0 Å². The lowest BCUT2D eigenvalue weighted by atomic mass is 10.0. The van der Waals surface area contributed by atoms with Gasteiger partial charge in [-0.1, -0.05) is 116 Å². The van der Waals surface area contributed by atoms with Gasteiger partial charge in [0.2, 0.25) is 11.8 Å². The Morgan fingerprint density at radius 3 is 2.19 bits per heavy atom. The number of amides is 1. The molecule has 1 aliphatic rings. The summed E-state index contributed by atoms with van der Waals surface area (Å²) in [6.07, 6.45) is 20.3. The molecule has 1 aromatic rings. The molecular weight excluding hydrogens is 460 g/mol. The number of unbranched alkanes of at least 4 members (excludes halogenated alkanes) is 12. The second-order valence-electron chi connectivity index (χ2n) is 10.7. The van der Waals surface area contributed by atoms with Crippen LogP contribution in [0.25, 0.3) is 0 Å². The lowest BCUT2D eigenvalue weighted by molar-refractivity contribution is -0.122. The average Bonchev–Trinajstić information content (AvgIpc) is 3.39. The van der Waals surface area contributed by atoms with Crippen molar-refractivity contribution in [2.45, 2.75) is 135 Å². The van der Waals surface area contributed by atoms with Gasteiger partial charge in [0, 0.05) is 24.6 Å². The van der Waals surface area contributed by atoms with E-state index < -0.39 is 0 Å². The summed E-state index contributed by atoms with van der Waals surface area (Å²) in [5.74, 6) is 0.922. The van der Waals surface area contributed by atoms with Gasteiger partial charge in [0.1, 0.15) is 12.6 Å². The Morgan fingerprint density at radius 2 is 1.51 bits per heavy atom. The molecule has 1 amide bonds. The molecule has 0 bridgehead atoms. The van der Waals surface area contributed by atoms with Crippen molar-refractivity contribution in [2.24, 2.45) is 4.99 Å². The lowest BCUT2D eigenvalue weighted by Crippen LogP contribution is -2.35. The lowest BCUT2D eigenvalue weighted by Gasteiger charge is -2.19. The Labute approximate surface area is 227 Å². The standard InChI is InChI=1S/C32H54N2O3/c1-3-5-7-9-10-11-12-14-19-23-31(35)33-29(22-18-13-8-6-4-2)24-25-36-26-30-27-37-32(34-30)28-20-16-15-17-21-28/h15-17,20-21,29-30H,3-14,18-19,22-27H2,1-2H3,(H,33,35)/t29-,30+/m0/s1. The van der Waals surface area contributed by atoms with E-state index in [9.17, 15) is 4.79 Å². The fraction of sp³-hybridized carbons (Fsp3) is 0.750. The third kappa shape index (κ3) is 15.2. The number of aliphatic imine (C=N–C) groups is 1. The van der Waals surface area contributed by atoms with Crippen molar-refractivity contribution in [2.75, 3.05) is 19.8 Å². The topological polar surface area (TPSA) is 59.9 Å². The molecular formula is C32H54N2O3. The molecule has 37 heavy (non-hydrogen) atoms. The molecule has 1 aliphatic heterocycles. The molecule has 0 saturated carbocycles. The quantitative estimate of drug-likeness (QED) is 0.150.